The predicted octanol–water partition coefficient (Wildman–Crippen LogP) is 2.81. The van der Waals surface area contributed by atoms with Crippen LogP contribution < -0.4 is 9.64 Å². The van der Waals surface area contributed by atoms with E-state index in [4.69, 9.17) is 4.74 Å². The number of nitrogens with zero attached hydrogens (tertiary/aromatic N) is 2. The Kier molecular flexibility index (Phi) is 3.03. The largest absolute Gasteiger partial charge is 0.486 e. The fourth-order valence-corrected chi connectivity index (χ4v) is 1.70. The summed E-state index contributed by atoms with van der Waals surface area (Å²) in [6.45, 7) is 4.38. The molecular weight excluding hydrogens is 200 g/mol. The summed E-state index contributed by atoms with van der Waals surface area (Å²) in [6.07, 6.45) is 4.64. The first-order chi connectivity index (χ1) is 7.59. The topological polar surface area (TPSA) is 25.4 Å². The Labute approximate surface area is 97.4 Å². The highest BCUT2D eigenvalue weighted by Gasteiger charge is 2.27. The Morgan fingerprint density at radius 3 is 2.56 bits per heavy atom. The Hall–Kier alpha value is -1.25. The van der Waals surface area contributed by atoms with Crippen molar-refractivity contribution in [2.45, 2.75) is 38.7 Å². The van der Waals surface area contributed by atoms with E-state index in [1.54, 1.807) is 0 Å². The van der Waals surface area contributed by atoms with Gasteiger partial charge in [0.1, 0.15) is 0 Å². The average Bonchev–Trinajstić information content (AvgIpc) is 3.01. The Bertz CT molecular complexity index is 344. The number of anilines is 1. The van der Waals surface area contributed by atoms with Gasteiger partial charge in [-0.05, 0) is 24.8 Å². The lowest BCUT2D eigenvalue weighted by molar-refractivity contribution is 0.298. The van der Waals surface area contributed by atoms with E-state index in [0.717, 1.165) is 11.6 Å². The fraction of sp³-hybridized carbons (Fsp3) is 0.615. The normalized spacial score (nSPS) is 15.3. The van der Waals surface area contributed by atoms with Gasteiger partial charge in [-0.15, -0.1) is 0 Å². The summed E-state index contributed by atoms with van der Waals surface area (Å²) in [5.74, 6) is 2.39. The quantitative estimate of drug-likeness (QED) is 0.780. The lowest BCUT2D eigenvalue weighted by Gasteiger charge is -2.20. The van der Waals surface area contributed by atoms with Crippen molar-refractivity contribution in [2.24, 2.45) is 0 Å². The molecule has 88 valence electrons. The van der Waals surface area contributed by atoms with Crippen LogP contribution in [0.1, 0.15) is 38.2 Å². The smallest absolute Gasteiger partial charge is 0.171 e. The molecular formula is C13H20N2O. The summed E-state index contributed by atoms with van der Waals surface area (Å²) in [5, 5.41) is 0. The van der Waals surface area contributed by atoms with E-state index < -0.39 is 0 Å². The number of rotatable bonds is 4. The van der Waals surface area contributed by atoms with E-state index in [2.05, 4.69) is 24.9 Å². The maximum absolute atomic E-state index is 6.01. The fourth-order valence-electron chi connectivity index (χ4n) is 1.70. The van der Waals surface area contributed by atoms with Crippen molar-refractivity contribution in [3.63, 3.8) is 0 Å². The molecule has 0 atom stereocenters. The van der Waals surface area contributed by atoms with E-state index in [1.165, 1.54) is 18.4 Å². The minimum atomic E-state index is 0.417. The number of hydrogen-bond acceptors (Lipinski definition) is 3. The summed E-state index contributed by atoms with van der Waals surface area (Å²) in [7, 11) is 4.01. The van der Waals surface area contributed by atoms with Gasteiger partial charge in [-0.25, -0.2) is 4.98 Å². The molecule has 0 amide bonds. The van der Waals surface area contributed by atoms with Crippen LogP contribution in [0.15, 0.2) is 12.3 Å². The van der Waals surface area contributed by atoms with Gasteiger partial charge in [-0.1, -0.05) is 13.8 Å². The third kappa shape index (κ3) is 2.29. The zero-order valence-electron chi connectivity index (χ0n) is 10.5. The van der Waals surface area contributed by atoms with Gasteiger partial charge in [-0.3, -0.25) is 0 Å². The molecule has 3 nitrogen and oxygen atoms in total. The summed E-state index contributed by atoms with van der Waals surface area (Å²) in [6, 6.07) is 2.06. The molecule has 1 heterocycles. The minimum Gasteiger partial charge on any atom is -0.486 e. The maximum atomic E-state index is 6.01. The molecule has 2 rings (SSSR count). The molecule has 1 saturated carbocycles. The van der Waals surface area contributed by atoms with Gasteiger partial charge in [0.05, 0.1) is 6.10 Å². The highest BCUT2D eigenvalue weighted by Crippen LogP contribution is 2.37. The van der Waals surface area contributed by atoms with E-state index in [9.17, 15) is 0 Å². The maximum Gasteiger partial charge on any atom is 0.171 e. The first kappa shape index (κ1) is 11.2. The van der Waals surface area contributed by atoms with Crippen LogP contribution in [0.5, 0.6) is 5.75 Å². The van der Waals surface area contributed by atoms with E-state index >= 15 is 0 Å². The summed E-state index contributed by atoms with van der Waals surface area (Å²) in [4.78, 5) is 6.42. The SMILES string of the molecule is CC(C)c1ccnc(N(C)C)c1OC1CC1. The van der Waals surface area contributed by atoms with Gasteiger partial charge in [-0.2, -0.15) is 0 Å². The Morgan fingerprint density at radius 1 is 1.38 bits per heavy atom. The standard InChI is InChI=1S/C13H20N2O/c1-9(2)11-7-8-14-13(15(3)4)12(11)16-10-5-6-10/h7-10H,5-6H2,1-4H3. The third-order valence-electron chi connectivity index (χ3n) is 2.77. The van der Waals surface area contributed by atoms with Crippen molar-refractivity contribution in [1.29, 1.82) is 0 Å². The highest BCUT2D eigenvalue weighted by atomic mass is 16.5. The molecule has 3 heteroatoms. The predicted molar refractivity (Wildman–Crippen MR) is 66.3 cm³/mol. The van der Waals surface area contributed by atoms with Crippen molar-refractivity contribution >= 4 is 5.82 Å². The number of hydrogen-bond donors (Lipinski definition) is 0. The van der Waals surface area contributed by atoms with Gasteiger partial charge in [0, 0.05) is 25.9 Å². The molecule has 0 aliphatic heterocycles. The van der Waals surface area contributed by atoms with Gasteiger partial charge < -0.3 is 9.64 Å². The second-order valence-corrected chi connectivity index (χ2v) is 4.92. The van der Waals surface area contributed by atoms with Gasteiger partial charge in [0.25, 0.3) is 0 Å². The number of ether oxygens (including phenoxy) is 1. The summed E-state index contributed by atoms with van der Waals surface area (Å²) < 4.78 is 6.01. The average molecular weight is 220 g/mol. The van der Waals surface area contributed by atoms with Crippen molar-refractivity contribution in [3.8, 4) is 5.75 Å². The van der Waals surface area contributed by atoms with Crippen LogP contribution in [0.25, 0.3) is 0 Å². The molecule has 1 aromatic heterocycles. The van der Waals surface area contributed by atoms with E-state index in [0.29, 0.717) is 12.0 Å². The van der Waals surface area contributed by atoms with E-state index in [1.807, 2.05) is 25.2 Å². The van der Waals surface area contributed by atoms with Crippen molar-refractivity contribution in [2.75, 3.05) is 19.0 Å². The lowest BCUT2D eigenvalue weighted by atomic mass is 10.0. The molecule has 0 aromatic carbocycles. The van der Waals surface area contributed by atoms with Gasteiger partial charge in [0.15, 0.2) is 11.6 Å². The zero-order valence-corrected chi connectivity index (χ0v) is 10.5. The van der Waals surface area contributed by atoms with Crippen LogP contribution in [-0.4, -0.2) is 25.2 Å². The van der Waals surface area contributed by atoms with Crippen LogP contribution in [-0.2, 0) is 0 Å². The molecule has 0 spiro atoms. The van der Waals surface area contributed by atoms with Crippen molar-refractivity contribution in [1.82, 2.24) is 4.98 Å². The molecule has 1 aliphatic carbocycles. The van der Waals surface area contributed by atoms with Crippen LogP contribution >= 0.6 is 0 Å². The molecule has 1 fully saturated rings. The van der Waals surface area contributed by atoms with Crippen molar-refractivity contribution < 1.29 is 4.74 Å². The number of aromatic nitrogens is 1. The van der Waals surface area contributed by atoms with Crippen LogP contribution in [0.2, 0.25) is 0 Å². The first-order valence-electron chi connectivity index (χ1n) is 5.92. The molecule has 0 unspecified atom stereocenters. The molecule has 0 bridgehead atoms. The molecule has 1 aromatic rings. The lowest BCUT2D eigenvalue weighted by Crippen LogP contribution is -2.14. The monoisotopic (exact) mass is 220 g/mol. The zero-order chi connectivity index (χ0) is 11.7. The van der Waals surface area contributed by atoms with Crippen molar-refractivity contribution in [3.05, 3.63) is 17.8 Å². The van der Waals surface area contributed by atoms with Crippen LogP contribution in [0.4, 0.5) is 5.82 Å². The molecule has 0 saturated heterocycles. The Morgan fingerprint density at radius 2 is 2.06 bits per heavy atom. The highest BCUT2D eigenvalue weighted by molar-refractivity contribution is 5.56. The van der Waals surface area contributed by atoms with E-state index in [-0.39, 0.29) is 0 Å². The number of pyridine rings is 1. The minimum absolute atomic E-state index is 0.417. The Balaban J connectivity index is 2.38. The van der Waals surface area contributed by atoms with Crippen LogP contribution in [0, 0.1) is 0 Å². The van der Waals surface area contributed by atoms with Gasteiger partial charge in [0.2, 0.25) is 0 Å². The first-order valence-corrected chi connectivity index (χ1v) is 5.92. The summed E-state index contributed by atoms with van der Waals surface area (Å²) in [5.41, 5.74) is 1.26. The summed E-state index contributed by atoms with van der Waals surface area (Å²) >= 11 is 0. The van der Waals surface area contributed by atoms with Gasteiger partial charge >= 0.3 is 0 Å². The molecule has 1 aliphatic rings. The molecule has 0 N–H and O–H groups in total. The second kappa shape index (κ2) is 4.32. The van der Waals surface area contributed by atoms with Crippen LogP contribution in [0.3, 0.4) is 0 Å². The second-order valence-electron chi connectivity index (χ2n) is 4.92. The molecule has 16 heavy (non-hydrogen) atoms. The molecule has 0 radical (unpaired) electrons. The third-order valence-corrected chi connectivity index (χ3v) is 2.77.